The number of aryl methyl sites for hydroxylation is 1. The maximum atomic E-state index is 12.8. The maximum Gasteiger partial charge on any atom is 0.401 e. The highest BCUT2D eigenvalue weighted by Crippen LogP contribution is 2.42. The highest BCUT2D eigenvalue weighted by atomic mass is 19.4. The highest BCUT2D eigenvalue weighted by molar-refractivity contribution is 5.44. The molecule has 188 valence electrons. The summed E-state index contributed by atoms with van der Waals surface area (Å²) in [6, 6.07) is 10.6. The number of hydrogen-bond acceptors (Lipinski definition) is 4. The summed E-state index contributed by atoms with van der Waals surface area (Å²) in [5.41, 5.74) is 5.63. The fraction of sp³-hybridized carbons (Fsp3) is 0.556. The van der Waals surface area contributed by atoms with Gasteiger partial charge in [-0.15, -0.1) is 0 Å². The molecule has 2 fully saturated rings. The van der Waals surface area contributed by atoms with E-state index in [-0.39, 0.29) is 12.1 Å². The summed E-state index contributed by atoms with van der Waals surface area (Å²) in [7, 11) is 2.19. The molecule has 5 heterocycles. The first-order valence-electron chi connectivity index (χ1n) is 12.7. The van der Waals surface area contributed by atoms with Crippen molar-refractivity contribution in [2.45, 2.75) is 63.7 Å². The smallest absolute Gasteiger partial charge is 0.304 e. The van der Waals surface area contributed by atoms with E-state index in [9.17, 15) is 13.2 Å². The average molecular weight is 486 g/mol. The SMILES string of the molecule is Cc1cccnc1[C@@H]1CCC[C@H](c2nc3ccccn3c2CC2CCN(CC(F)(F)F)CC2)N1C. The molecule has 35 heavy (non-hydrogen) atoms. The molecule has 0 unspecified atom stereocenters. The van der Waals surface area contributed by atoms with Crippen molar-refractivity contribution in [2.75, 3.05) is 26.7 Å². The summed E-state index contributed by atoms with van der Waals surface area (Å²) in [5, 5.41) is 0. The number of piperidine rings is 2. The summed E-state index contributed by atoms with van der Waals surface area (Å²) in [6.45, 7) is 2.32. The first kappa shape index (κ1) is 24.3. The number of likely N-dealkylation sites (tertiary alicyclic amines) is 2. The molecule has 5 rings (SSSR count). The summed E-state index contributed by atoms with van der Waals surface area (Å²) >= 11 is 0. The van der Waals surface area contributed by atoms with Crippen LogP contribution in [0, 0.1) is 12.8 Å². The van der Waals surface area contributed by atoms with Crippen molar-refractivity contribution in [1.82, 2.24) is 24.2 Å². The summed E-state index contributed by atoms with van der Waals surface area (Å²) in [4.78, 5) is 13.8. The van der Waals surface area contributed by atoms with Crippen molar-refractivity contribution >= 4 is 5.65 Å². The second-order valence-corrected chi connectivity index (χ2v) is 10.2. The van der Waals surface area contributed by atoms with Gasteiger partial charge in [-0.3, -0.25) is 14.8 Å². The van der Waals surface area contributed by atoms with Crippen LogP contribution in [-0.2, 0) is 6.42 Å². The predicted octanol–water partition coefficient (Wildman–Crippen LogP) is 5.75. The molecule has 2 aliphatic rings. The molecular weight excluding hydrogens is 451 g/mol. The van der Waals surface area contributed by atoms with Crippen molar-refractivity contribution < 1.29 is 13.2 Å². The van der Waals surface area contributed by atoms with Gasteiger partial charge in [0, 0.05) is 18.1 Å². The van der Waals surface area contributed by atoms with Crippen molar-refractivity contribution in [3.05, 3.63) is 65.4 Å². The van der Waals surface area contributed by atoms with Gasteiger partial charge in [-0.1, -0.05) is 12.1 Å². The molecule has 2 atom stereocenters. The Balaban J connectivity index is 1.40. The largest absolute Gasteiger partial charge is 0.401 e. The molecule has 0 saturated carbocycles. The van der Waals surface area contributed by atoms with E-state index in [1.165, 1.54) is 11.3 Å². The maximum absolute atomic E-state index is 12.8. The molecule has 0 aromatic carbocycles. The van der Waals surface area contributed by atoms with Crippen LogP contribution in [0.25, 0.3) is 5.65 Å². The van der Waals surface area contributed by atoms with Gasteiger partial charge in [-0.2, -0.15) is 13.2 Å². The van der Waals surface area contributed by atoms with Crippen LogP contribution in [0.3, 0.4) is 0 Å². The zero-order valence-corrected chi connectivity index (χ0v) is 20.5. The molecule has 0 bridgehead atoms. The molecular formula is C27H34F3N5. The lowest BCUT2D eigenvalue weighted by Gasteiger charge is -2.39. The molecule has 8 heteroatoms. The monoisotopic (exact) mass is 485 g/mol. The lowest BCUT2D eigenvalue weighted by atomic mass is 9.87. The predicted molar refractivity (Wildman–Crippen MR) is 130 cm³/mol. The third-order valence-electron chi connectivity index (χ3n) is 7.87. The van der Waals surface area contributed by atoms with Crippen LogP contribution in [0.2, 0.25) is 0 Å². The Bertz CT molecular complexity index is 1150. The molecule has 2 aliphatic heterocycles. The first-order chi connectivity index (χ1) is 16.8. The van der Waals surface area contributed by atoms with Gasteiger partial charge in [0.15, 0.2) is 0 Å². The molecule has 0 spiro atoms. The number of hydrogen-bond donors (Lipinski definition) is 0. The lowest BCUT2D eigenvalue weighted by molar-refractivity contribution is -0.148. The molecule has 2 saturated heterocycles. The van der Waals surface area contributed by atoms with E-state index in [2.05, 4.69) is 35.5 Å². The first-order valence-corrected chi connectivity index (χ1v) is 12.7. The van der Waals surface area contributed by atoms with Gasteiger partial charge >= 0.3 is 6.18 Å². The molecule has 5 nitrogen and oxygen atoms in total. The van der Waals surface area contributed by atoms with Gasteiger partial charge in [0.25, 0.3) is 0 Å². The van der Waals surface area contributed by atoms with Crippen molar-refractivity contribution in [3.63, 3.8) is 0 Å². The fourth-order valence-corrected chi connectivity index (χ4v) is 6.05. The van der Waals surface area contributed by atoms with Gasteiger partial charge in [0.05, 0.1) is 30.0 Å². The molecule has 0 N–H and O–H groups in total. The molecule has 3 aromatic rings. The van der Waals surface area contributed by atoms with Crippen LogP contribution in [0.15, 0.2) is 42.7 Å². The Kier molecular flexibility index (Phi) is 6.86. The molecule has 0 radical (unpaired) electrons. The number of nitrogens with zero attached hydrogens (tertiary/aromatic N) is 5. The minimum absolute atomic E-state index is 0.190. The van der Waals surface area contributed by atoms with Gasteiger partial charge < -0.3 is 4.40 Å². The second kappa shape index (κ2) is 9.90. The van der Waals surface area contributed by atoms with E-state index in [1.807, 2.05) is 30.5 Å². The number of fused-ring (bicyclic) bond motifs is 1. The van der Waals surface area contributed by atoms with Crippen LogP contribution >= 0.6 is 0 Å². The van der Waals surface area contributed by atoms with E-state index in [0.717, 1.165) is 55.6 Å². The van der Waals surface area contributed by atoms with Crippen molar-refractivity contribution in [2.24, 2.45) is 5.92 Å². The van der Waals surface area contributed by atoms with E-state index < -0.39 is 12.7 Å². The average Bonchev–Trinajstić information content (AvgIpc) is 3.18. The Morgan fingerprint density at radius 2 is 1.71 bits per heavy atom. The van der Waals surface area contributed by atoms with E-state index in [0.29, 0.717) is 19.0 Å². The second-order valence-electron chi connectivity index (χ2n) is 10.2. The Hall–Kier alpha value is -2.45. The van der Waals surface area contributed by atoms with Crippen LogP contribution in [-0.4, -0.2) is 57.0 Å². The standard InChI is InChI=1S/C27H34F3N5/c1-19-7-6-13-31-25(19)21-8-5-9-22(33(21)2)26-23(35-14-4-3-10-24(35)32-26)17-20-11-15-34(16-12-20)18-27(28,29)30/h3-4,6-7,10,13-14,20-22H,5,8-9,11-12,15-18H2,1-2H3/t21-,22+/m0/s1. The van der Waals surface area contributed by atoms with Crippen LogP contribution in [0.1, 0.15) is 66.8 Å². The van der Waals surface area contributed by atoms with E-state index >= 15 is 0 Å². The minimum Gasteiger partial charge on any atom is -0.304 e. The van der Waals surface area contributed by atoms with Gasteiger partial charge in [-0.05, 0) is 95.3 Å². The minimum atomic E-state index is -4.13. The van der Waals surface area contributed by atoms with Gasteiger partial charge in [-0.25, -0.2) is 4.98 Å². The number of halogens is 3. The summed E-state index contributed by atoms with van der Waals surface area (Å²) in [5.74, 6) is 0.362. The fourth-order valence-electron chi connectivity index (χ4n) is 6.05. The van der Waals surface area contributed by atoms with Gasteiger partial charge in [0.2, 0.25) is 0 Å². The number of pyridine rings is 2. The zero-order valence-electron chi connectivity index (χ0n) is 20.5. The Labute approximate surface area is 205 Å². The Morgan fingerprint density at radius 1 is 0.971 bits per heavy atom. The number of alkyl halides is 3. The number of aromatic nitrogens is 3. The van der Waals surface area contributed by atoms with Crippen LogP contribution in [0.5, 0.6) is 0 Å². The van der Waals surface area contributed by atoms with E-state index in [4.69, 9.17) is 9.97 Å². The normalized spacial score (nSPS) is 23.2. The third kappa shape index (κ3) is 5.23. The topological polar surface area (TPSA) is 36.7 Å². The molecule has 0 amide bonds. The van der Waals surface area contributed by atoms with E-state index in [1.54, 1.807) is 4.90 Å². The Morgan fingerprint density at radius 3 is 2.43 bits per heavy atom. The number of imidazole rings is 1. The highest BCUT2D eigenvalue weighted by Gasteiger charge is 2.36. The molecule has 3 aromatic heterocycles. The molecule has 0 aliphatic carbocycles. The quantitative estimate of drug-likeness (QED) is 0.461. The van der Waals surface area contributed by atoms with Crippen LogP contribution < -0.4 is 0 Å². The number of rotatable bonds is 5. The summed E-state index contributed by atoms with van der Waals surface area (Å²) < 4.78 is 40.7. The van der Waals surface area contributed by atoms with Crippen molar-refractivity contribution in [3.8, 4) is 0 Å². The third-order valence-corrected chi connectivity index (χ3v) is 7.87. The lowest BCUT2D eigenvalue weighted by Crippen LogP contribution is -2.40. The van der Waals surface area contributed by atoms with Gasteiger partial charge in [0.1, 0.15) is 5.65 Å². The zero-order chi connectivity index (χ0) is 24.6. The summed E-state index contributed by atoms with van der Waals surface area (Å²) in [6.07, 6.45) is 5.46. The van der Waals surface area contributed by atoms with Crippen molar-refractivity contribution in [1.29, 1.82) is 0 Å². The van der Waals surface area contributed by atoms with Crippen LogP contribution in [0.4, 0.5) is 13.2 Å².